The van der Waals surface area contributed by atoms with Crippen molar-refractivity contribution >= 4 is 33.6 Å². The van der Waals surface area contributed by atoms with Crippen LogP contribution in [0, 0.1) is 0 Å². The zero-order chi connectivity index (χ0) is 23.1. The summed E-state index contributed by atoms with van der Waals surface area (Å²) in [6.45, 7) is 0.599. The molecule has 1 heterocycles. The predicted octanol–water partition coefficient (Wildman–Crippen LogP) is 1.29. The smallest absolute Gasteiger partial charge is 0.338 e. The highest BCUT2D eigenvalue weighted by Crippen LogP contribution is 2.20. The van der Waals surface area contributed by atoms with E-state index in [1.165, 1.54) is 59.9 Å². The minimum atomic E-state index is -3.71. The Bertz CT molecular complexity index is 1090. The van der Waals surface area contributed by atoms with Crippen LogP contribution in [0.4, 0.5) is 5.69 Å². The third-order valence-electron chi connectivity index (χ3n) is 4.60. The van der Waals surface area contributed by atoms with Gasteiger partial charge in [0.05, 0.1) is 36.3 Å². The number of carbonyl (C=O) groups is 3. The lowest BCUT2D eigenvalue weighted by Crippen LogP contribution is -2.40. The van der Waals surface area contributed by atoms with Gasteiger partial charge in [0.15, 0.2) is 6.61 Å². The fourth-order valence-electron chi connectivity index (χ4n) is 2.94. The van der Waals surface area contributed by atoms with Gasteiger partial charge in [0.2, 0.25) is 10.0 Å². The number of amides is 1. The number of nitrogens with zero attached hydrogens (tertiary/aromatic N) is 1. The summed E-state index contributed by atoms with van der Waals surface area (Å²) in [4.78, 5) is 35.7. The maximum atomic E-state index is 12.7. The first kappa shape index (κ1) is 23.4. The number of benzene rings is 2. The largest absolute Gasteiger partial charge is 0.465 e. The number of esters is 2. The number of anilines is 1. The van der Waals surface area contributed by atoms with Crippen LogP contribution >= 0.6 is 0 Å². The lowest BCUT2D eigenvalue weighted by Gasteiger charge is -2.26. The lowest BCUT2D eigenvalue weighted by molar-refractivity contribution is -0.119. The molecule has 1 saturated heterocycles. The highest BCUT2D eigenvalue weighted by atomic mass is 32.2. The zero-order valence-corrected chi connectivity index (χ0v) is 18.1. The zero-order valence-electron chi connectivity index (χ0n) is 17.3. The second-order valence-electron chi connectivity index (χ2n) is 6.74. The van der Waals surface area contributed by atoms with E-state index in [2.05, 4.69) is 10.1 Å². The number of hydrogen-bond acceptors (Lipinski definition) is 8. The van der Waals surface area contributed by atoms with E-state index in [0.29, 0.717) is 13.2 Å². The van der Waals surface area contributed by atoms with Crippen molar-refractivity contribution in [1.29, 1.82) is 0 Å². The molecule has 1 amide bonds. The molecule has 10 nitrogen and oxygen atoms in total. The number of ether oxygens (including phenoxy) is 3. The third-order valence-corrected chi connectivity index (χ3v) is 6.50. The van der Waals surface area contributed by atoms with Gasteiger partial charge in [0.1, 0.15) is 0 Å². The second kappa shape index (κ2) is 10.4. The molecule has 1 aliphatic heterocycles. The van der Waals surface area contributed by atoms with Crippen molar-refractivity contribution in [2.75, 3.05) is 45.3 Å². The van der Waals surface area contributed by atoms with Crippen LogP contribution in [0.15, 0.2) is 53.4 Å². The summed E-state index contributed by atoms with van der Waals surface area (Å²) in [6, 6.07) is 11.4. The van der Waals surface area contributed by atoms with Crippen LogP contribution in [-0.4, -0.2) is 70.6 Å². The van der Waals surface area contributed by atoms with Crippen LogP contribution in [0.2, 0.25) is 0 Å². The van der Waals surface area contributed by atoms with Crippen LogP contribution in [0.3, 0.4) is 0 Å². The summed E-state index contributed by atoms with van der Waals surface area (Å²) in [5.74, 6) is -1.92. The van der Waals surface area contributed by atoms with Crippen molar-refractivity contribution < 1.29 is 37.0 Å². The van der Waals surface area contributed by atoms with Gasteiger partial charge in [-0.05, 0) is 42.5 Å². The average molecular weight is 462 g/mol. The van der Waals surface area contributed by atoms with Crippen LogP contribution in [0.5, 0.6) is 0 Å². The Labute approximate surface area is 185 Å². The van der Waals surface area contributed by atoms with Crippen LogP contribution in [0.1, 0.15) is 20.7 Å². The molecule has 3 rings (SSSR count). The summed E-state index contributed by atoms with van der Waals surface area (Å²) in [7, 11) is -2.46. The molecule has 2 aromatic rings. The summed E-state index contributed by atoms with van der Waals surface area (Å²) in [5.41, 5.74) is 0.681. The number of sulfonamides is 1. The van der Waals surface area contributed by atoms with Crippen LogP contribution in [-0.2, 0) is 29.0 Å². The van der Waals surface area contributed by atoms with Gasteiger partial charge in [-0.15, -0.1) is 0 Å². The van der Waals surface area contributed by atoms with Crippen LogP contribution < -0.4 is 5.32 Å². The first-order valence-corrected chi connectivity index (χ1v) is 11.1. The molecular formula is C21H22N2O8S. The summed E-state index contributed by atoms with van der Waals surface area (Å²) in [6.07, 6.45) is 0. The number of rotatable bonds is 7. The molecule has 0 unspecified atom stereocenters. The Morgan fingerprint density at radius 1 is 1.00 bits per heavy atom. The lowest BCUT2D eigenvalue weighted by atomic mass is 10.1. The molecule has 1 fully saturated rings. The SMILES string of the molecule is COC(=O)c1ccc(C(=O)OCC(=O)Nc2cccc(S(=O)(=O)N3CCOCC3)c2)cc1. The van der Waals surface area contributed by atoms with Crippen molar-refractivity contribution in [2.45, 2.75) is 4.90 Å². The van der Waals surface area contributed by atoms with E-state index in [-0.39, 0.29) is 34.8 Å². The van der Waals surface area contributed by atoms with Gasteiger partial charge in [-0.3, -0.25) is 4.79 Å². The van der Waals surface area contributed by atoms with Crippen LogP contribution in [0.25, 0.3) is 0 Å². The molecule has 32 heavy (non-hydrogen) atoms. The van der Waals surface area contributed by atoms with Crippen molar-refractivity contribution in [2.24, 2.45) is 0 Å². The fraction of sp³-hybridized carbons (Fsp3) is 0.286. The molecule has 11 heteroatoms. The molecule has 0 spiro atoms. The summed E-state index contributed by atoms with van der Waals surface area (Å²) < 4.78 is 41.5. The maximum absolute atomic E-state index is 12.7. The highest BCUT2D eigenvalue weighted by molar-refractivity contribution is 7.89. The Hall–Kier alpha value is -3.28. The number of hydrogen-bond donors (Lipinski definition) is 1. The molecule has 0 atom stereocenters. The molecule has 0 bridgehead atoms. The topological polar surface area (TPSA) is 128 Å². The number of morpholine rings is 1. The number of carbonyl (C=O) groups excluding carboxylic acids is 3. The molecule has 0 aromatic heterocycles. The third kappa shape index (κ3) is 5.69. The first-order valence-electron chi connectivity index (χ1n) is 9.64. The standard InChI is InChI=1S/C21H22N2O8S/c1-29-20(25)15-5-7-16(8-6-15)21(26)31-14-19(24)22-17-3-2-4-18(13-17)32(27,28)23-9-11-30-12-10-23/h2-8,13H,9-12,14H2,1H3,(H,22,24). The molecule has 2 aromatic carbocycles. The minimum absolute atomic E-state index is 0.0416. The second-order valence-corrected chi connectivity index (χ2v) is 8.68. The van der Waals surface area contributed by atoms with Crippen molar-refractivity contribution in [3.8, 4) is 0 Å². The van der Waals surface area contributed by atoms with E-state index in [0.717, 1.165) is 0 Å². The minimum Gasteiger partial charge on any atom is -0.465 e. The fourth-order valence-corrected chi connectivity index (χ4v) is 4.40. The van der Waals surface area contributed by atoms with Gasteiger partial charge >= 0.3 is 11.9 Å². The molecular weight excluding hydrogens is 440 g/mol. The van der Waals surface area contributed by atoms with Crippen molar-refractivity contribution in [3.63, 3.8) is 0 Å². The van der Waals surface area contributed by atoms with Crippen molar-refractivity contribution in [1.82, 2.24) is 4.31 Å². The normalized spacial score (nSPS) is 14.4. The van der Waals surface area contributed by atoms with Gasteiger partial charge in [0, 0.05) is 18.8 Å². The van der Waals surface area contributed by atoms with E-state index in [4.69, 9.17) is 9.47 Å². The Morgan fingerprint density at radius 3 is 2.25 bits per heavy atom. The Balaban J connectivity index is 1.57. The van der Waals surface area contributed by atoms with Crippen molar-refractivity contribution in [3.05, 3.63) is 59.7 Å². The number of nitrogens with one attached hydrogen (secondary N) is 1. The maximum Gasteiger partial charge on any atom is 0.338 e. The van der Waals surface area contributed by atoms with Gasteiger partial charge in [-0.25, -0.2) is 18.0 Å². The molecule has 1 aliphatic rings. The average Bonchev–Trinajstić information content (AvgIpc) is 2.83. The first-order chi connectivity index (χ1) is 15.3. The summed E-state index contributed by atoms with van der Waals surface area (Å²) in [5, 5.41) is 2.51. The molecule has 0 aliphatic carbocycles. The quantitative estimate of drug-likeness (QED) is 0.610. The Morgan fingerprint density at radius 2 is 1.62 bits per heavy atom. The van der Waals surface area contributed by atoms with E-state index < -0.39 is 34.5 Å². The monoisotopic (exact) mass is 462 g/mol. The van der Waals surface area contributed by atoms with Gasteiger partial charge < -0.3 is 19.5 Å². The molecule has 0 saturated carbocycles. The molecule has 170 valence electrons. The van der Waals surface area contributed by atoms with E-state index in [1.54, 1.807) is 0 Å². The molecule has 1 N–H and O–H groups in total. The van der Waals surface area contributed by atoms with E-state index in [9.17, 15) is 22.8 Å². The Kier molecular flexibility index (Phi) is 7.57. The predicted molar refractivity (Wildman–Crippen MR) is 113 cm³/mol. The van der Waals surface area contributed by atoms with Gasteiger partial charge in [-0.1, -0.05) is 6.07 Å². The van der Waals surface area contributed by atoms with E-state index in [1.807, 2.05) is 0 Å². The summed E-state index contributed by atoms with van der Waals surface area (Å²) >= 11 is 0. The van der Waals surface area contributed by atoms with E-state index >= 15 is 0 Å². The highest BCUT2D eigenvalue weighted by Gasteiger charge is 2.26. The number of methoxy groups -OCH3 is 1. The van der Waals surface area contributed by atoms with Gasteiger partial charge in [-0.2, -0.15) is 4.31 Å². The molecule has 0 radical (unpaired) electrons. The van der Waals surface area contributed by atoms with Gasteiger partial charge in [0.25, 0.3) is 5.91 Å².